The summed E-state index contributed by atoms with van der Waals surface area (Å²) in [6.45, 7) is 5.40. The fourth-order valence-electron chi connectivity index (χ4n) is 0.922. The Kier molecular flexibility index (Phi) is 4.54. The lowest BCUT2D eigenvalue weighted by Gasteiger charge is -2.12. The molecule has 1 radical (unpaired) electrons. The highest BCUT2D eigenvalue weighted by Crippen LogP contribution is 2.26. The molecule has 0 bridgehead atoms. The molecule has 0 fully saturated rings. The molecule has 0 aliphatic carbocycles. The van der Waals surface area contributed by atoms with Crippen LogP contribution in [-0.2, 0) is 0 Å². The SMILES string of the molecule is [CH2]C(CCCC)CC(F)(F)F. The quantitative estimate of drug-likeness (QED) is 0.600. The third-order valence-electron chi connectivity index (χ3n) is 1.49. The van der Waals surface area contributed by atoms with E-state index >= 15 is 0 Å². The van der Waals surface area contributed by atoms with Gasteiger partial charge in [0.05, 0.1) is 0 Å². The Morgan fingerprint density at radius 3 is 2.27 bits per heavy atom. The van der Waals surface area contributed by atoms with E-state index in [1.807, 2.05) is 6.92 Å². The van der Waals surface area contributed by atoms with Gasteiger partial charge in [-0.1, -0.05) is 26.2 Å². The molecular formula is C8H14F3. The van der Waals surface area contributed by atoms with Crippen molar-refractivity contribution in [1.29, 1.82) is 0 Å². The first-order valence-electron chi connectivity index (χ1n) is 3.85. The summed E-state index contributed by atoms with van der Waals surface area (Å²) >= 11 is 0. The molecule has 0 aromatic heterocycles. The first-order chi connectivity index (χ1) is 4.95. The highest BCUT2D eigenvalue weighted by Gasteiger charge is 2.29. The molecule has 0 aliphatic rings. The summed E-state index contributed by atoms with van der Waals surface area (Å²) in [5.41, 5.74) is 0. The van der Waals surface area contributed by atoms with Crippen molar-refractivity contribution in [1.82, 2.24) is 0 Å². The van der Waals surface area contributed by atoms with Crippen LogP contribution in [0.15, 0.2) is 0 Å². The van der Waals surface area contributed by atoms with Crippen molar-refractivity contribution in [3.63, 3.8) is 0 Å². The summed E-state index contributed by atoms with van der Waals surface area (Å²) in [5.74, 6) is -0.463. The van der Waals surface area contributed by atoms with E-state index in [1.54, 1.807) is 0 Å². The average molecular weight is 167 g/mol. The van der Waals surface area contributed by atoms with Crippen LogP contribution in [0.4, 0.5) is 13.2 Å². The summed E-state index contributed by atoms with van der Waals surface area (Å²) in [5, 5.41) is 0. The summed E-state index contributed by atoms with van der Waals surface area (Å²) in [6.07, 6.45) is -2.43. The first-order valence-corrected chi connectivity index (χ1v) is 3.85. The molecule has 0 N–H and O–H groups in total. The topological polar surface area (TPSA) is 0 Å². The molecule has 0 aromatic rings. The molecule has 0 aliphatic heterocycles. The molecule has 0 aromatic carbocycles. The second-order valence-electron chi connectivity index (χ2n) is 2.83. The van der Waals surface area contributed by atoms with Gasteiger partial charge in [-0.05, 0) is 12.8 Å². The van der Waals surface area contributed by atoms with Gasteiger partial charge >= 0.3 is 6.18 Å². The normalized spacial score (nSPS) is 15.0. The van der Waals surface area contributed by atoms with Crippen LogP contribution in [0.2, 0.25) is 0 Å². The van der Waals surface area contributed by atoms with Crippen molar-refractivity contribution in [3.05, 3.63) is 6.92 Å². The summed E-state index contributed by atoms with van der Waals surface area (Å²) < 4.78 is 35.1. The van der Waals surface area contributed by atoms with Crippen LogP contribution < -0.4 is 0 Å². The largest absolute Gasteiger partial charge is 0.389 e. The number of alkyl halides is 3. The predicted octanol–water partition coefficient (Wildman–Crippen LogP) is 3.58. The average Bonchev–Trinajstić information content (AvgIpc) is 1.79. The van der Waals surface area contributed by atoms with E-state index in [9.17, 15) is 13.2 Å². The zero-order chi connectivity index (χ0) is 8.91. The molecule has 0 saturated heterocycles. The van der Waals surface area contributed by atoms with Crippen LogP contribution in [0.1, 0.15) is 32.6 Å². The molecule has 0 saturated carbocycles. The minimum Gasteiger partial charge on any atom is -0.171 e. The van der Waals surface area contributed by atoms with Crippen molar-refractivity contribution >= 4 is 0 Å². The predicted molar refractivity (Wildman–Crippen MR) is 39.0 cm³/mol. The minimum absolute atomic E-state index is 0.463. The van der Waals surface area contributed by atoms with Crippen LogP contribution in [0.5, 0.6) is 0 Å². The van der Waals surface area contributed by atoms with Crippen molar-refractivity contribution in [2.24, 2.45) is 5.92 Å². The van der Waals surface area contributed by atoms with E-state index in [0.29, 0.717) is 6.42 Å². The summed E-state index contributed by atoms with van der Waals surface area (Å²) in [6, 6.07) is 0. The maximum absolute atomic E-state index is 11.7. The molecule has 0 rings (SSSR count). The highest BCUT2D eigenvalue weighted by molar-refractivity contribution is 4.65. The van der Waals surface area contributed by atoms with Crippen molar-refractivity contribution in [2.45, 2.75) is 38.8 Å². The summed E-state index contributed by atoms with van der Waals surface area (Å²) in [4.78, 5) is 0. The van der Waals surface area contributed by atoms with E-state index in [1.165, 1.54) is 0 Å². The molecule has 0 amide bonds. The number of hydrogen-bond donors (Lipinski definition) is 0. The third kappa shape index (κ3) is 7.69. The van der Waals surface area contributed by atoms with Crippen LogP contribution >= 0.6 is 0 Å². The van der Waals surface area contributed by atoms with Gasteiger partial charge in [-0.3, -0.25) is 0 Å². The third-order valence-corrected chi connectivity index (χ3v) is 1.49. The lowest BCUT2D eigenvalue weighted by molar-refractivity contribution is -0.141. The Labute approximate surface area is 65.8 Å². The molecular weight excluding hydrogens is 153 g/mol. The molecule has 3 heteroatoms. The van der Waals surface area contributed by atoms with Gasteiger partial charge in [-0.25, -0.2) is 0 Å². The fraction of sp³-hybridized carbons (Fsp3) is 0.875. The molecule has 0 spiro atoms. The number of halogens is 3. The van der Waals surface area contributed by atoms with Gasteiger partial charge in [0, 0.05) is 6.42 Å². The first kappa shape index (κ1) is 10.8. The Balaban J connectivity index is 3.44. The van der Waals surface area contributed by atoms with E-state index in [-0.39, 0.29) is 0 Å². The molecule has 1 atom stereocenters. The van der Waals surface area contributed by atoms with Gasteiger partial charge < -0.3 is 0 Å². The molecule has 67 valence electrons. The van der Waals surface area contributed by atoms with Gasteiger partial charge in [0.25, 0.3) is 0 Å². The van der Waals surface area contributed by atoms with Crippen LogP contribution in [0.25, 0.3) is 0 Å². The Morgan fingerprint density at radius 2 is 1.91 bits per heavy atom. The van der Waals surface area contributed by atoms with Crippen LogP contribution in [0, 0.1) is 12.8 Å². The van der Waals surface area contributed by atoms with Crippen LogP contribution in [-0.4, -0.2) is 6.18 Å². The van der Waals surface area contributed by atoms with E-state index in [4.69, 9.17) is 0 Å². The molecule has 0 heterocycles. The molecule has 1 unspecified atom stereocenters. The number of hydrogen-bond acceptors (Lipinski definition) is 0. The Bertz CT molecular complexity index is 96.0. The standard InChI is InChI=1S/C8H14F3/c1-3-4-5-7(2)6-8(9,10)11/h7H,2-6H2,1H3. The smallest absolute Gasteiger partial charge is 0.171 e. The number of unbranched alkanes of at least 4 members (excludes halogenated alkanes) is 1. The Hall–Kier alpha value is -0.210. The van der Waals surface area contributed by atoms with E-state index in [2.05, 4.69) is 6.92 Å². The highest BCUT2D eigenvalue weighted by atomic mass is 19.4. The number of rotatable bonds is 4. The fourth-order valence-corrected chi connectivity index (χ4v) is 0.922. The maximum Gasteiger partial charge on any atom is 0.389 e. The second-order valence-corrected chi connectivity index (χ2v) is 2.83. The van der Waals surface area contributed by atoms with Gasteiger partial charge in [-0.2, -0.15) is 13.2 Å². The monoisotopic (exact) mass is 167 g/mol. The lowest BCUT2D eigenvalue weighted by atomic mass is 10.0. The van der Waals surface area contributed by atoms with Crippen molar-refractivity contribution in [3.8, 4) is 0 Å². The van der Waals surface area contributed by atoms with Crippen LogP contribution in [0.3, 0.4) is 0 Å². The zero-order valence-corrected chi connectivity index (χ0v) is 6.75. The van der Waals surface area contributed by atoms with Gasteiger partial charge in [0.1, 0.15) is 0 Å². The van der Waals surface area contributed by atoms with Crippen molar-refractivity contribution < 1.29 is 13.2 Å². The van der Waals surface area contributed by atoms with Gasteiger partial charge in [0.2, 0.25) is 0 Å². The Morgan fingerprint density at radius 1 is 1.36 bits per heavy atom. The summed E-state index contributed by atoms with van der Waals surface area (Å²) in [7, 11) is 0. The lowest BCUT2D eigenvalue weighted by Crippen LogP contribution is -2.12. The second kappa shape index (κ2) is 4.62. The van der Waals surface area contributed by atoms with E-state index < -0.39 is 18.5 Å². The van der Waals surface area contributed by atoms with Gasteiger partial charge in [0.15, 0.2) is 0 Å². The molecule has 11 heavy (non-hydrogen) atoms. The van der Waals surface area contributed by atoms with Gasteiger partial charge in [-0.15, -0.1) is 0 Å². The maximum atomic E-state index is 11.7. The zero-order valence-electron chi connectivity index (χ0n) is 6.75. The minimum atomic E-state index is -4.04. The molecule has 0 nitrogen and oxygen atoms in total. The van der Waals surface area contributed by atoms with E-state index in [0.717, 1.165) is 12.8 Å². The van der Waals surface area contributed by atoms with Crippen molar-refractivity contribution in [2.75, 3.05) is 0 Å².